The highest BCUT2D eigenvalue weighted by molar-refractivity contribution is 5.79. The second-order valence-corrected chi connectivity index (χ2v) is 7.88. The average Bonchev–Trinajstić information content (AvgIpc) is 3.34. The van der Waals surface area contributed by atoms with Gasteiger partial charge in [0.1, 0.15) is 12.1 Å². The summed E-state index contributed by atoms with van der Waals surface area (Å²) in [4.78, 5) is 39.1. The lowest BCUT2D eigenvalue weighted by molar-refractivity contribution is -0.122. The molecule has 0 aliphatic rings. The van der Waals surface area contributed by atoms with Crippen LogP contribution in [0.5, 0.6) is 5.88 Å². The molecule has 0 fully saturated rings. The van der Waals surface area contributed by atoms with Crippen molar-refractivity contribution in [1.29, 1.82) is 0 Å². The number of nitrogens with one attached hydrogen (secondary N) is 3. The molecule has 2 heterocycles. The first-order valence-electron chi connectivity index (χ1n) is 11.9. The van der Waals surface area contributed by atoms with Gasteiger partial charge in [-0.3, -0.25) is 9.59 Å². The van der Waals surface area contributed by atoms with E-state index in [1.807, 2.05) is 31.2 Å². The standard InChI is InChI=1S/C24H33N7O5/c1-2-34-12-13-35-11-10-26-19(32)4-3-5-20(33)27-14-17-6-8-18(9-7-17)15-36-23-21-22(29-16-28-21)30-24(25)31-23/h6-9,16H,2-5,10-15H2,1H3,(H,26,32)(H,27,33)(H3,25,28,29,30,31). The van der Waals surface area contributed by atoms with Crippen molar-refractivity contribution in [3.63, 3.8) is 0 Å². The second-order valence-electron chi connectivity index (χ2n) is 7.88. The topological polar surface area (TPSA) is 166 Å². The molecule has 0 aliphatic heterocycles. The smallest absolute Gasteiger partial charge is 0.245 e. The van der Waals surface area contributed by atoms with Gasteiger partial charge >= 0.3 is 0 Å². The number of rotatable bonds is 16. The number of anilines is 1. The van der Waals surface area contributed by atoms with Crippen LogP contribution >= 0.6 is 0 Å². The summed E-state index contributed by atoms with van der Waals surface area (Å²) < 4.78 is 16.3. The lowest BCUT2D eigenvalue weighted by Crippen LogP contribution is -2.28. The number of carbonyl (C=O) groups is 2. The van der Waals surface area contributed by atoms with Crippen molar-refractivity contribution >= 4 is 28.9 Å². The SMILES string of the molecule is CCOCCOCCNC(=O)CCCC(=O)NCc1ccc(COc2nc(N)nc3nc[nH]c23)cc1. The van der Waals surface area contributed by atoms with Crippen molar-refractivity contribution in [3.05, 3.63) is 41.7 Å². The molecule has 0 spiro atoms. The molecule has 0 saturated heterocycles. The molecule has 3 aromatic rings. The van der Waals surface area contributed by atoms with E-state index in [2.05, 4.69) is 30.6 Å². The second kappa shape index (κ2) is 14.6. The van der Waals surface area contributed by atoms with E-state index in [1.54, 1.807) is 0 Å². The van der Waals surface area contributed by atoms with Crippen LogP contribution in [0.1, 0.15) is 37.3 Å². The van der Waals surface area contributed by atoms with E-state index in [1.165, 1.54) is 6.33 Å². The Morgan fingerprint density at radius 1 is 0.972 bits per heavy atom. The quantitative estimate of drug-likeness (QED) is 0.213. The van der Waals surface area contributed by atoms with Crippen LogP contribution < -0.4 is 21.1 Å². The molecule has 5 N–H and O–H groups in total. The third-order valence-corrected chi connectivity index (χ3v) is 5.11. The number of hydrogen-bond donors (Lipinski definition) is 4. The number of H-pyrrole nitrogens is 1. The number of fused-ring (bicyclic) bond motifs is 1. The average molecular weight is 500 g/mol. The molecule has 0 radical (unpaired) electrons. The van der Waals surface area contributed by atoms with Gasteiger partial charge in [0.2, 0.25) is 23.6 Å². The molecule has 36 heavy (non-hydrogen) atoms. The Labute approximate surface area is 209 Å². The number of hydrogen-bond acceptors (Lipinski definition) is 9. The van der Waals surface area contributed by atoms with Gasteiger partial charge in [-0.1, -0.05) is 24.3 Å². The number of aromatic nitrogens is 4. The molecule has 194 valence electrons. The van der Waals surface area contributed by atoms with Crippen molar-refractivity contribution in [1.82, 2.24) is 30.6 Å². The molecule has 1 aromatic carbocycles. The van der Waals surface area contributed by atoms with Crippen LogP contribution in [-0.4, -0.2) is 64.7 Å². The maximum absolute atomic E-state index is 12.1. The predicted molar refractivity (Wildman–Crippen MR) is 133 cm³/mol. The molecule has 0 bridgehead atoms. The lowest BCUT2D eigenvalue weighted by atomic mass is 10.1. The lowest BCUT2D eigenvalue weighted by Gasteiger charge is -2.09. The Balaban J connectivity index is 1.28. The van der Waals surface area contributed by atoms with Gasteiger partial charge in [0.25, 0.3) is 0 Å². The molecule has 3 rings (SSSR count). The number of ether oxygens (including phenoxy) is 3. The molecule has 2 amide bonds. The molecular weight excluding hydrogens is 466 g/mol. The van der Waals surface area contributed by atoms with E-state index >= 15 is 0 Å². The van der Waals surface area contributed by atoms with Gasteiger partial charge < -0.3 is 35.6 Å². The number of imidazole rings is 1. The summed E-state index contributed by atoms with van der Waals surface area (Å²) in [6.07, 6.45) is 2.57. The fourth-order valence-corrected chi connectivity index (χ4v) is 3.25. The van der Waals surface area contributed by atoms with Crippen molar-refractivity contribution in [3.8, 4) is 5.88 Å². The maximum atomic E-state index is 12.1. The van der Waals surface area contributed by atoms with Gasteiger partial charge in [0.15, 0.2) is 5.65 Å². The van der Waals surface area contributed by atoms with Crippen molar-refractivity contribution in [2.75, 3.05) is 38.7 Å². The van der Waals surface area contributed by atoms with E-state index < -0.39 is 0 Å². The van der Waals surface area contributed by atoms with Crippen LogP contribution in [0.25, 0.3) is 11.2 Å². The Morgan fingerprint density at radius 2 is 1.69 bits per heavy atom. The number of benzene rings is 1. The number of nitrogens with zero attached hydrogens (tertiary/aromatic N) is 3. The van der Waals surface area contributed by atoms with E-state index in [0.717, 1.165) is 11.1 Å². The Morgan fingerprint density at radius 3 is 2.47 bits per heavy atom. The number of nitrogen functional groups attached to an aromatic ring is 1. The van der Waals surface area contributed by atoms with E-state index in [4.69, 9.17) is 19.9 Å². The Kier molecular flexibility index (Phi) is 10.9. The van der Waals surface area contributed by atoms with Crippen molar-refractivity contribution in [2.24, 2.45) is 0 Å². The normalized spacial score (nSPS) is 10.9. The first-order chi connectivity index (χ1) is 17.5. The summed E-state index contributed by atoms with van der Waals surface area (Å²) in [7, 11) is 0. The Hall–Kier alpha value is -3.77. The van der Waals surface area contributed by atoms with Gasteiger partial charge in [0, 0.05) is 32.5 Å². The molecule has 0 atom stereocenters. The highest BCUT2D eigenvalue weighted by Crippen LogP contribution is 2.20. The minimum Gasteiger partial charge on any atom is -0.471 e. The third-order valence-electron chi connectivity index (χ3n) is 5.11. The maximum Gasteiger partial charge on any atom is 0.245 e. The highest BCUT2D eigenvalue weighted by Gasteiger charge is 2.10. The summed E-state index contributed by atoms with van der Waals surface area (Å²) in [6.45, 7) is 5.22. The number of amides is 2. The third kappa shape index (κ3) is 9.12. The summed E-state index contributed by atoms with van der Waals surface area (Å²) in [5.74, 6) is 0.243. The Bertz CT molecular complexity index is 1100. The van der Waals surface area contributed by atoms with E-state index in [0.29, 0.717) is 76.0 Å². The first-order valence-corrected chi connectivity index (χ1v) is 11.9. The predicted octanol–water partition coefficient (Wildman–Crippen LogP) is 1.47. The van der Waals surface area contributed by atoms with Gasteiger partial charge in [-0.15, -0.1) is 0 Å². The first kappa shape index (κ1) is 26.8. The molecule has 12 heteroatoms. The van der Waals surface area contributed by atoms with Crippen LogP contribution in [0.4, 0.5) is 5.95 Å². The van der Waals surface area contributed by atoms with Gasteiger partial charge in [-0.2, -0.15) is 9.97 Å². The molecular formula is C24H33N7O5. The molecule has 2 aromatic heterocycles. The van der Waals surface area contributed by atoms with Crippen LogP contribution in [0.3, 0.4) is 0 Å². The molecule has 12 nitrogen and oxygen atoms in total. The zero-order valence-electron chi connectivity index (χ0n) is 20.4. The monoisotopic (exact) mass is 499 g/mol. The summed E-state index contributed by atoms with van der Waals surface area (Å²) in [5, 5.41) is 5.65. The largest absolute Gasteiger partial charge is 0.471 e. The number of nitrogens with two attached hydrogens (primary N) is 1. The molecule has 0 unspecified atom stereocenters. The minimum atomic E-state index is -0.0978. The fraction of sp³-hybridized carbons (Fsp3) is 0.458. The minimum absolute atomic E-state index is 0.0908. The van der Waals surface area contributed by atoms with E-state index in [9.17, 15) is 9.59 Å². The number of aromatic amines is 1. The number of carbonyl (C=O) groups excluding carboxylic acids is 2. The highest BCUT2D eigenvalue weighted by atomic mass is 16.5. The van der Waals surface area contributed by atoms with Gasteiger partial charge in [-0.25, -0.2) is 4.98 Å². The van der Waals surface area contributed by atoms with Crippen LogP contribution in [0.2, 0.25) is 0 Å². The molecule has 0 saturated carbocycles. The summed E-state index contributed by atoms with van der Waals surface area (Å²) in [6, 6.07) is 7.67. The molecule has 0 aliphatic carbocycles. The van der Waals surface area contributed by atoms with Crippen molar-refractivity contribution in [2.45, 2.75) is 39.3 Å². The summed E-state index contributed by atoms with van der Waals surface area (Å²) >= 11 is 0. The van der Waals surface area contributed by atoms with Crippen LogP contribution in [0, 0.1) is 0 Å². The van der Waals surface area contributed by atoms with E-state index in [-0.39, 0.29) is 24.2 Å². The van der Waals surface area contributed by atoms with Crippen LogP contribution in [-0.2, 0) is 32.2 Å². The van der Waals surface area contributed by atoms with Crippen LogP contribution in [0.15, 0.2) is 30.6 Å². The fourth-order valence-electron chi connectivity index (χ4n) is 3.25. The van der Waals surface area contributed by atoms with Gasteiger partial charge in [0.05, 0.1) is 26.1 Å². The van der Waals surface area contributed by atoms with Crippen molar-refractivity contribution < 1.29 is 23.8 Å². The summed E-state index contributed by atoms with van der Waals surface area (Å²) in [5.41, 5.74) is 8.62. The van der Waals surface area contributed by atoms with Gasteiger partial charge in [-0.05, 0) is 24.5 Å². The zero-order chi connectivity index (χ0) is 25.6. The zero-order valence-corrected chi connectivity index (χ0v) is 20.4.